The lowest BCUT2D eigenvalue weighted by molar-refractivity contribution is 0.0696. The van der Waals surface area contributed by atoms with E-state index in [4.69, 9.17) is 11.5 Å². The molecule has 6 heteroatoms. The highest BCUT2D eigenvalue weighted by Gasteiger charge is 2.31. The summed E-state index contributed by atoms with van der Waals surface area (Å²) >= 11 is 0. The monoisotopic (exact) mass is 293 g/mol. The maximum atomic E-state index is 12.5. The van der Waals surface area contributed by atoms with Gasteiger partial charge in [0, 0.05) is 6.54 Å². The van der Waals surface area contributed by atoms with E-state index in [1.807, 2.05) is 0 Å². The summed E-state index contributed by atoms with van der Waals surface area (Å²) in [6.07, 6.45) is 7.24. The van der Waals surface area contributed by atoms with E-state index < -0.39 is 16.0 Å². The van der Waals surface area contributed by atoms with Crippen molar-refractivity contribution in [3.63, 3.8) is 0 Å². The zero-order valence-electron chi connectivity index (χ0n) is 10.8. The fraction of sp³-hybridized carbons (Fsp3) is 0.357. The fourth-order valence-electron chi connectivity index (χ4n) is 1.88. The first-order chi connectivity index (χ1) is 9.45. The average molecular weight is 293 g/mol. The normalized spacial score (nSPS) is 15.0. The van der Waals surface area contributed by atoms with Crippen molar-refractivity contribution < 1.29 is 18.3 Å². The standard InChI is InChI=1S/C14H15NO4S/c1-2-8-15(10-11-6-7-11)20(18,19)13-5-3-4-12(9-13)14(16)17/h1,3-5,9,11H,6-8,10H2,(H,16,17). The van der Waals surface area contributed by atoms with Crippen molar-refractivity contribution in [1.29, 1.82) is 0 Å². The van der Waals surface area contributed by atoms with Crippen molar-refractivity contribution in [1.82, 2.24) is 4.31 Å². The Labute approximate surface area is 118 Å². The van der Waals surface area contributed by atoms with Gasteiger partial charge in [0.05, 0.1) is 17.0 Å². The number of hydrogen-bond acceptors (Lipinski definition) is 3. The Morgan fingerprint density at radius 2 is 2.15 bits per heavy atom. The Morgan fingerprint density at radius 1 is 1.45 bits per heavy atom. The molecule has 0 radical (unpaired) electrons. The first-order valence-corrected chi connectivity index (χ1v) is 7.66. The maximum absolute atomic E-state index is 12.5. The van der Waals surface area contributed by atoms with Crippen LogP contribution >= 0.6 is 0 Å². The molecular formula is C14H15NO4S. The lowest BCUT2D eigenvalue weighted by Crippen LogP contribution is -2.33. The zero-order chi connectivity index (χ0) is 14.8. The zero-order valence-corrected chi connectivity index (χ0v) is 11.6. The van der Waals surface area contributed by atoms with E-state index in [-0.39, 0.29) is 17.0 Å². The van der Waals surface area contributed by atoms with Gasteiger partial charge in [0.1, 0.15) is 0 Å². The average Bonchev–Trinajstić information content (AvgIpc) is 3.22. The molecule has 1 aliphatic rings. The van der Waals surface area contributed by atoms with E-state index in [1.54, 1.807) is 0 Å². The Hall–Kier alpha value is -1.84. The molecule has 0 aromatic heterocycles. The number of carboxylic acid groups (broad SMARTS) is 1. The molecule has 20 heavy (non-hydrogen) atoms. The van der Waals surface area contributed by atoms with Gasteiger partial charge in [0.15, 0.2) is 0 Å². The van der Waals surface area contributed by atoms with E-state index in [0.29, 0.717) is 12.5 Å². The van der Waals surface area contributed by atoms with Crippen LogP contribution in [0, 0.1) is 18.3 Å². The molecule has 0 unspecified atom stereocenters. The smallest absolute Gasteiger partial charge is 0.335 e. The molecule has 1 aliphatic carbocycles. The van der Waals surface area contributed by atoms with Crippen molar-refractivity contribution in [3.8, 4) is 12.3 Å². The molecule has 1 fully saturated rings. The van der Waals surface area contributed by atoms with Gasteiger partial charge in [-0.05, 0) is 37.0 Å². The third-order valence-electron chi connectivity index (χ3n) is 3.15. The molecule has 1 saturated carbocycles. The highest BCUT2D eigenvalue weighted by atomic mass is 32.2. The van der Waals surface area contributed by atoms with E-state index in [9.17, 15) is 13.2 Å². The second-order valence-electron chi connectivity index (χ2n) is 4.78. The Bertz CT molecular complexity index is 656. The minimum atomic E-state index is -3.75. The summed E-state index contributed by atoms with van der Waals surface area (Å²) < 4.78 is 26.2. The number of carboxylic acids is 1. The van der Waals surface area contributed by atoms with Gasteiger partial charge in [-0.25, -0.2) is 13.2 Å². The molecular weight excluding hydrogens is 278 g/mol. The van der Waals surface area contributed by atoms with Crippen LogP contribution in [0.5, 0.6) is 0 Å². The van der Waals surface area contributed by atoms with Gasteiger partial charge in [-0.1, -0.05) is 12.0 Å². The van der Waals surface area contributed by atoms with Crippen LogP contribution in [0.15, 0.2) is 29.2 Å². The van der Waals surface area contributed by atoms with Crippen LogP contribution in [0.4, 0.5) is 0 Å². The van der Waals surface area contributed by atoms with Crippen LogP contribution in [0.1, 0.15) is 23.2 Å². The third-order valence-corrected chi connectivity index (χ3v) is 4.95. The van der Waals surface area contributed by atoms with Crippen molar-refractivity contribution >= 4 is 16.0 Å². The molecule has 0 amide bonds. The molecule has 0 saturated heterocycles. The predicted octanol–water partition coefficient (Wildman–Crippen LogP) is 1.42. The SMILES string of the molecule is C#CCN(CC1CC1)S(=O)(=O)c1cccc(C(=O)O)c1. The number of terminal acetylenes is 1. The van der Waals surface area contributed by atoms with E-state index >= 15 is 0 Å². The number of carbonyl (C=O) groups is 1. The van der Waals surface area contributed by atoms with Crippen molar-refractivity contribution in [2.45, 2.75) is 17.7 Å². The van der Waals surface area contributed by atoms with E-state index in [2.05, 4.69) is 5.92 Å². The number of sulfonamides is 1. The van der Waals surface area contributed by atoms with Crippen molar-refractivity contribution in [2.75, 3.05) is 13.1 Å². The minimum Gasteiger partial charge on any atom is -0.478 e. The fourth-order valence-corrected chi connectivity index (χ4v) is 3.35. The van der Waals surface area contributed by atoms with Gasteiger partial charge < -0.3 is 5.11 Å². The van der Waals surface area contributed by atoms with Crippen LogP contribution in [-0.2, 0) is 10.0 Å². The van der Waals surface area contributed by atoms with Gasteiger partial charge in [-0.2, -0.15) is 4.31 Å². The first-order valence-electron chi connectivity index (χ1n) is 6.22. The van der Waals surface area contributed by atoms with E-state index in [1.165, 1.54) is 22.5 Å². The molecule has 0 heterocycles. The van der Waals surface area contributed by atoms with Crippen LogP contribution in [0.25, 0.3) is 0 Å². The molecule has 2 rings (SSSR count). The summed E-state index contributed by atoms with van der Waals surface area (Å²) in [5.74, 6) is 1.55. The number of nitrogens with zero attached hydrogens (tertiary/aromatic N) is 1. The minimum absolute atomic E-state index is 0.00384. The lowest BCUT2D eigenvalue weighted by atomic mass is 10.2. The Morgan fingerprint density at radius 3 is 2.70 bits per heavy atom. The highest BCUT2D eigenvalue weighted by Crippen LogP contribution is 2.31. The second kappa shape index (κ2) is 5.65. The van der Waals surface area contributed by atoms with Gasteiger partial charge in [-0.3, -0.25) is 0 Å². The largest absolute Gasteiger partial charge is 0.478 e. The summed E-state index contributed by atoms with van der Waals surface area (Å²) in [6.45, 7) is 0.389. The van der Waals surface area contributed by atoms with Gasteiger partial charge >= 0.3 is 5.97 Å². The van der Waals surface area contributed by atoms with Crippen molar-refractivity contribution in [3.05, 3.63) is 29.8 Å². The predicted molar refractivity (Wildman–Crippen MR) is 73.7 cm³/mol. The van der Waals surface area contributed by atoms with Crippen LogP contribution < -0.4 is 0 Å². The summed E-state index contributed by atoms with van der Waals surface area (Å²) in [5.41, 5.74) is -0.0573. The lowest BCUT2D eigenvalue weighted by Gasteiger charge is -2.19. The highest BCUT2D eigenvalue weighted by molar-refractivity contribution is 7.89. The number of rotatable bonds is 6. The van der Waals surface area contributed by atoms with Gasteiger partial charge in [0.25, 0.3) is 0 Å². The third kappa shape index (κ3) is 3.18. The summed E-state index contributed by atoms with van der Waals surface area (Å²) in [4.78, 5) is 10.9. The summed E-state index contributed by atoms with van der Waals surface area (Å²) in [7, 11) is -3.75. The first kappa shape index (κ1) is 14.6. The van der Waals surface area contributed by atoms with Crippen LogP contribution in [0.2, 0.25) is 0 Å². The second-order valence-corrected chi connectivity index (χ2v) is 6.72. The molecule has 106 valence electrons. The molecule has 1 N–H and O–H groups in total. The Kier molecular flexibility index (Phi) is 4.12. The quantitative estimate of drug-likeness (QED) is 0.805. The molecule has 1 aromatic carbocycles. The number of hydrogen-bond donors (Lipinski definition) is 1. The molecule has 0 bridgehead atoms. The molecule has 0 atom stereocenters. The maximum Gasteiger partial charge on any atom is 0.335 e. The van der Waals surface area contributed by atoms with Gasteiger partial charge in [-0.15, -0.1) is 6.42 Å². The molecule has 5 nitrogen and oxygen atoms in total. The van der Waals surface area contributed by atoms with Crippen LogP contribution in [-0.4, -0.2) is 36.9 Å². The molecule has 1 aromatic rings. The van der Waals surface area contributed by atoms with E-state index in [0.717, 1.165) is 18.9 Å². The number of aromatic carboxylic acids is 1. The summed E-state index contributed by atoms with van der Waals surface area (Å²) in [6, 6.07) is 5.32. The molecule has 0 aliphatic heterocycles. The topological polar surface area (TPSA) is 74.7 Å². The summed E-state index contributed by atoms with van der Waals surface area (Å²) in [5, 5.41) is 8.93. The molecule has 0 spiro atoms. The Balaban J connectivity index is 2.33. The van der Waals surface area contributed by atoms with Crippen molar-refractivity contribution in [2.24, 2.45) is 5.92 Å². The van der Waals surface area contributed by atoms with Gasteiger partial charge in [0.2, 0.25) is 10.0 Å². The number of benzene rings is 1. The van der Waals surface area contributed by atoms with Crippen LogP contribution in [0.3, 0.4) is 0 Å².